The Bertz CT molecular complexity index is 484. The molecule has 0 radical (unpaired) electrons. The van der Waals surface area contributed by atoms with Gasteiger partial charge in [-0.1, -0.05) is 6.92 Å². The number of nitrogens with one attached hydrogen (secondary N) is 1. The highest BCUT2D eigenvalue weighted by Gasteiger charge is 2.22. The van der Waals surface area contributed by atoms with E-state index in [1.165, 1.54) is 0 Å². The van der Waals surface area contributed by atoms with Crippen LogP contribution < -0.4 is 11.3 Å². The monoisotopic (exact) mass is 283 g/mol. The second-order valence-electron chi connectivity index (χ2n) is 5.29. The first-order chi connectivity index (χ1) is 9.52. The third-order valence-corrected chi connectivity index (χ3v) is 3.74. The molecule has 1 saturated heterocycles. The molecule has 1 aliphatic heterocycles. The first kappa shape index (κ1) is 14.7. The number of hydrazine groups is 1. The molecule has 20 heavy (non-hydrogen) atoms. The molecule has 0 aromatic heterocycles. The summed E-state index contributed by atoms with van der Waals surface area (Å²) in [6.07, 6.45) is 2.90. The molecule has 6 heteroatoms. The van der Waals surface area contributed by atoms with Crippen molar-refractivity contribution >= 4 is 11.6 Å². The van der Waals surface area contributed by atoms with Crippen LogP contribution in [0.5, 0.6) is 0 Å². The van der Waals surface area contributed by atoms with Crippen molar-refractivity contribution in [1.29, 1.82) is 0 Å². The highest BCUT2D eigenvalue weighted by atomic mass is 19.1. The highest BCUT2D eigenvalue weighted by Crippen LogP contribution is 2.22. The maximum Gasteiger partial charge on any atom is 0.254 e. The highest BCUT2D eigenvalue weighted by molar-refractivity contribution is 5.94. The Kier molecular flexibility index (Phi) is 4.54. The average Bonchev–Trinajstić information content (AvgIpc) is 2.62. The Balaban J connectivity index is 2.20. The number of halogens is 2. The minimum absolute atomic E-state index is 0.0218. The molecule has 2 rings (SSSR count). The van der Waals surface area contributed by atoms with E-state index in [0.717, 1.165) is 31.4 Å². The lowest BCUT2D eigenvalue weighted by molar-refractivity contribution is 0.0759. The predicted octanol–water partition coefficient (Wildman–Crippen LogP) is 2.51. The van der Waals surface area contributed by atoms with Gasteiger partial charge in [-0.05, 0) is 37.3 Å². The zero-order valence-electron chi connectivity index (χ0n) is 11.5. The van der Waals surface area contributed by atoms with Crippen LogP contribution in [0.3, 0.4) is 0 Å². The number of hydrogen-bond donors (Lipinski definition) is 2. The van der Waals surface area contributed by atoms with Crippen LogP contribution in [0.25, 0.3) is 0 Å². The zero-order chi connectivity index (χ0) is 14.7. The summed E-state index contributed by atoms with van der Waals surface area (Å²) in [7, 11) is 0. The van der Waals surface area contributed by atoms with E-state index in [1.807, 2.05) is 5.43 Å². The largest absolute Gasteiger partial charge is 0.339 e. The van der Waals surface area contributed by atoms with E-state index in [1.54, 1.807) is 4.90 Å². The molecular weight excluding hydrogens is 264 g/mol. The maximum absolute atomic E-state index is 13.6. The third kappa shape index (κ3) is 3.07. The van der Waals surface area contributed by atoms with E-state index in [0.29, 0.717) is 19.0 Å². The van der Waals surface area contributed by atoms with Crippen molar-refractivity contribution in [3.8, 4) is 0 Å². The molecule has 1 heterocycles. The van der Waals surface area contributed by atoms with Crippen LogP contribution in [0.2, 0.25) is 0 Å². The van der Waals surface area contributed by atoms with Crippen molar-refractivity contribution in [1.82, 2.24) is 4.90 Å². The van der Waals surface area contributed by atoms with E-state index in [9.17, 15) is 13.6 Å². The Morgan fingerprint density at radius 2 is 1.95 bits per heavy atom. The van der Waals surface area contributed by atoms with Crippen molar-refractivity contribution in [2.24, 2.45) is 11.8 Å². The fourth-order valence-electron chi connectivity index (χ4n) is 2.48. The van der Waals surface area contributed by atoms with Gasteiger partial charge in [0, 0.05) is 18.7 Å². The van der Waals surface area contributed by atoms with E-state index >= 15 is 0 Å². The number of benzene rings is 1. The summed E-state index contributed by atoms with van der Waals surface area (Å²) in [5.41, 5.74) is 1.55. The molecule has 1 fully saturated rings. The number of nitrogen functional groups attached to an aromatic ring is 1. The molecule has 1 unspecified atom stereocenters. The van der Waals surface area contributed by atoms with E-state index < -0.39 is 17.3 Å². The number of hydrogen-bond acceptors (Lipinski definition) is 3. The molecule has 1 aromatic carbocycles. The number of likely N-dealkylation sites (tertiary alicyclic amines) is 1. The van der Waals surface area contributed by atoms with Gasteiger partial charge in [0.15, 0.2) is 11.6 Å². The van der Waals surface area contributed by atoms with Gasteiger partial charge in [-0.25, -0.2) is 8.78 Å². The minimum Gasteiger partial charge on any atom is -0.339 e. The molecule has 110 valence electrons. The molecule has 0 spiro atoms. The fourth-order valence-corrected chi connectivity index (χ4v) is 2.48. The summed E-state index contributed by atoms with van der Waals surface area (Å²) in [6, 6.07) is 2.05. The van der Waals surface area contributed by atoms with Crippen LogP contribution in [-0.4, -0.2) is 23.9 Å². The quantitative estimate of drug-likeness (QED) is 0.647. The summed E-state index contributed by atoms with van der Waals surface area (Å²) >= 11 is 0. The van der Waals surface area contributed by atoms with Gasteiger partial charge in [0.1, 0.15) is 5.69 Å². The van der Waals surface area contributed by atoms with Crippen LogP contribution in [0.1, 0.15) is 36.5 Å². The van der Waals surface area contributed by atoms with Gasteiger partial charge >= 0.3 is 0 Å². The average molecular weight is 283 g/mol. The molecule has 1 atom stereocenters. The third-order valence-electron chi connectivity index (χ3n) is 3.74. The van der Waals surface area contributed by atoms with E-state index in [4.69, 9.17) is 5.84 Å². The SMILES string of the molecule is CC1CCCN(C(=O)c2cc(F)c(NN)c(F)c2)CC1. The van der Waals surface area contributed by atoms with Crippen molar-refractivity contribution in [3.05, 3.63) is 29.3 Å². The molecule has 1 aliphatic rings. The maximum atomic E-state index is 13.6. The van der Waals surface area contributed by atoms with Gasteiger partial charge in [0.05, 0.1) is 0 Å². The van der Waals surface area contributed by atoms with Crippen molar-refractivity contribution in [3.63, 3.8) is 0 Å². The van der Waals surface area contributed by atoms with Gasteiger partial charge in [0.25, 0.3) is 5.91 Å². The first-order valence-corrected chi connectivity index (χ1v) is 6.78. The summed E-state index contributed by atoms with van der Waals surface area (Å²) in [5, 5.41) is 0. The van der Waals surface area contributed by atoms with Gasteiger partial charge in [-0.3, -0.25) is 10.6 Å². The van der Waals surface area contributed by atoms with Crippen molar-refractivity contribution < 1.29 is 13.6 Å². The van der Waals surface area contributed by atoms with Crippen LogP contribution >= 0.6 is 0 Å². The lowest BCUT2D eigenvalue weighted by Crippen LogP contribution is -2.32. The van der Waals surface area contributed by atoms with E-state index in [-0.39, 0.29) is 11.5 Å². The summed E-state index contributed by atoms with van der Waals surface area (Å²) < 4.78 is 27.3. The van der Waals surface area contributed by atoms with Gasteiger partial charge in [-0.2, -0.15) is 0 Å². The van der Waals surface area contributed by atoms with Crippen LogP contribution in [0.4, 0.5) is 14.5 Å². The number of carbonyl (C=O) groups excluding carboxylic acids is 1. The number of anilines is 1. The van der Waals surface area contributed by atoms with Gasteiger partial charge in [-0.15, -0.1) is 0 Å². The predicted molar refractivity (Wildman–Crippen MR) is 73.1 cm³/mol. The molecule has 4 nitrogen and oxygen atoms in total. The lowest BCUT2D eigenvalue weighted by atomic mass is 10.0. The number of nitrogens with two attached hydrogens (primary N) is 1. The summed E-state index contributed by atoms with van der Waals surface area (Å²) in [5.74, 6) is 3.55. The van der Waals surface area contributed by atoms with Crippen molar-refractivity contribution in [2.45, 2.75) is 26.2 Å². The molecule has 1 aromatic rings. The number of rotatable bonds is 2. The topological polar surface area (TPSA) is 58.4 Å². The number of carbonyl (C=O) groups is 1. The Morgan fingerprint density at radius 1 is 1.30 bits per heavy atom. The fraction of sp³-hybridized carbons (Fsp3) is 0.500. The zero-order valence-corrected chi connectivity index (χ0v) is 11.5. The van der Waals surface area contributed by atoms with Crippen LogP contribution in [0, 0.1) is 17.6 Å². The van der Waals surface area contributed by atoms with Crippen LogP contribution in [0.15, 0.2) is 12.1 Å². The van der Waals surface area contributed by atoms with Crippen LogP contribution in [-0.2, 0) is 0 Å². The van der Waals surface area contributed by atoms with Gasteiger partial charge < -0.3 is 10.3 Å². The standard InChI is InChI=1S/C14H19F2N3O/c1-9-3-2-5-19(6-4-9)14(20)10-7-11(15)13(18-17)12(16)8-10/h7-9,18H,2-6,17H2,1H3. The molecule has 3 N–H and O–H groups in total. The molecular formula is C14H19F2N3O. The Labute approximate surface area is 116 Å². The second-order valence-corrected chi connectivity index (χ2v) is 5.29. The molecule has 1 amide bonds. The first-order valence-electron chi connectivity index (χ1n) is 6.78. The summed E-state index contributed by atoms with van der Waals surface area (Å²) in [6.45, 7) is 3.40. The van der Waals surface area contributed by atoms with Gasteiger partial charge in [0.2, 0.25) is 0 Å². The Hall–Kier alpha value is -1.69. The van der Waals surface area contributed by atoms with Crippen molar-refractivity contribution in [2.75, 3.05) is 18.5 Å². The summed E-state index contributed by atoms with van der Waals surface area (Å²) in [4.78, 5) is 14.0. The molecule has 0 aliphatic carbocycles. The lowest BCUT2D eigenvalue weighted by Gasteiger charge is -2.21. The molecule has 0 bridgehead atoms. The number of nitrogens with zero attached hydrogens (tertiary/aromatic N) is 1. The number of amides is 1. The second kappa shape index (κ2) is 6.17. The smallest absolute Gasteiger partial charge is 0.254 e. The minimum atomic E-state index is -0.862. The van der Waals surface area contributed by atoms with E-state index in [2.05, 4.69) is 6.92 Å². The molecule has 0 saturated carbocycles. The Morgan fingerprint density at radius 3 is 2.55 bits per heavy atom. The normalized spacial score (nSPS) is 19.6.